The average Bonchev–Trinajstić information content (AvgIpc) is 2.78. The summed E-state index contributed by atoms with van der Waals surface area (Å²) >= 11 is 4.12. The topological polar surface area (TPSA) is 55.9 Å². The van der Waals surface area contributed by atoms with Crippen LogP contribution in [0.25, 0.3) is 0 Å². The minimum atomic E-state index is 0.387. The monoisotopic (exact) mass is 286 g/mol. The predicted octanol–water partition coefficient (Wildman–Crippen LogP) is 1.42. The van der Waals surface area contributed by atoms with E-state index in [1.165, 1.54) is 17.1 Å². The van der Waals surface area contributed by atoms with E-state index in [2.05, 4.69) is 47.2 Å². The van der Waals surface area contributed by atoms with Gasteiger partial charge in [-0.3, -0.25) is 16.0 Å². The van der Waals surface area contributed by atoms with Gasteiger partial charge >= 0.3 is 0 Å². The number of nitrogens with one attached hydrogen (secondary N) is 1. The van der Waals surface area contributed by atoms with E-state index in [0.717, 1.165) is 12.8 Å². The van der Waals surface area contributed by atoms with Crippen molar-refractivity contribution in [2.24, 2.45) is 12.9 Å². The van der Waals surface area contributed by atoms with Crippen molar-refractivity contribution in [2.75, 3.05) is 11.5 Å². The van der Waals surface area contributed by atoms with Gasteiger partial charge in [-0.25, -0.2) is 0 Å². The molecule has 0 spiro atoms. The van der Waals surface area contributed by atoms with Crippen LogP contribution in [0.5, 0.6) is 0 Å². The normalized spacial score (nSPS) is 26.2. The van der Waals surface area contributed by atoms with E-state index in [-0.39, 0.29) is 0 Å². The standard InChI is InChI=1S/C12H22N4S2/c1-9-12(18-6-5-17-9)11(15-13)4-3-10-7-14-16(2)8-10/h7-9,11-12,15H,3-6,13H2,1-2H3. The van der Waals surface area contributed by atoms with Crippen LogP contribution in [0.2, 0.25) is 0 Å². The Morgan fingerprint density at radius 1 is 1.56 bits per heavy atom. The Kier molecular flexibility index (Phi) is 5.41. The smallest absolute Gasteiger partial charge is 0.0521 e. The van der Waals surface area contributed by atoms with Gasteiger partial charge in [0.2, 0.25) is 0 Å². The van der Waals surface area contributed by atoms with Crippen molar-refractivity contribution in [3.63, 3.8) is 0 Å². The van der Waals surface area contributed by atoms with Crippen LogP contribution in [-0.4, -0.2) is 37.8 Å². The molecular weight excluding hydrogens is 264 g/mol. The summed E-state index contributed by atoms with van der Waals surface area (Å²) in [5, 5.41) is 5.50. The molecular formula is C12H22N4S2. The first-order valence-electron chi connectivity index (χ1n) is 6.37. The van der Waals surface area contributed by atoms with Crippen molar-refractivity contribution >= 4 is 23.5 Å². The maximum atomic E-state index is 5.74. The molecule has 2 rings (SSSR count). The molecule has 0 aromatic carbocycles. The fraction of sp³-hybridized carbons (Fsp3) is 0.750. The van der Waals surface area contributed by atoms with Gasteiger partial charge in [0.1, 0.15) is 0 Å². The summed E-state index contributed by atoms with van der Waals surface area (Å²) < 4.78 is 1.86. The van der Waals surface area contributed by atoms with E-state index in [1.807, 2.05) is 17.9 Å². The number of aromatic nitrogens is 2. The number of hydrogen-bond acceptors (Lipinski definition) is 5. The van der Waals surface area contributed by atoms with E-state index in [1.54, 1.807) is 0 Å². The molecule has 0 amide bonds. The van der Waals surface area contributed by atoms with Crippen LogP contribution in [0.1, 0.15) is 18.9 Å². The van der Waals surface area contributed by atoms with Gasteiger partial charge in [-0.15, -0.1) is 0 Å². The zero-order chi connectivity index (χ0) is 13.0. The lowest BCUT2D eigenvalue weighted by Gasteiger charge is -2.34. The van der Waals surface area contributed by atoms with Crippen LogP contribution in [0.4, 0.5) is 0 Å². The van der Waals surface area contributed by atoms with Crippen molar-refractivity contribution < 1.29 is 0 Å². The zero-order valence-electron chi connectivity index (χ0n) is 11.0. The Labute approximate surface area is 117 Å². The summed E-state index contributed by atoms with van der Waals surface area (Å²) in [6, 6.07) is 0.387. The van der Waals surface area contributed by atoms with Gasteiger partial charge in [-0.1, -0.05) is 6.92 Å². The van der Waals surface area contributed by atoms with Crippen LogP contribution in [0.15, 0.2) is 12.4 Å². The van der Waals surface area contributed by atoms with Gasteiger partial charge in [0.15, 0.2) is 0 Å². The molecule has 6 heteroatoms. The third-order valence-corrected chi connectivity index (χ3v) is 6.60. The van der Waals surface area contributed by atoms with Crippen molar-refractivity contribution in [2.45, 2.75) is 36.3 Å². The third-order valence-electron chi connectivity index (χ3n) is 3.35. The van der Waals surface area contributed by atoms with E-state index < -0.39 is 0 Å². The molecule has 1 aliphatic heterocycles. The van der Waals surface area contributed by atoms with Crippen LogP contribution in [-0.2, 0) is 13.5 Å². The molecule has 1 fully saturated rings. The molecule has 0 aliphatic carbocycles. The SMILES string of the molecule is CC1SCCSC1C(CCc1cnn(C)c1)NN. The van der Waals surface area contributed by atoms with Gasteiger partial charge in [0.05, 0.1) is 6.20 Å². The van der Waals surface area contributed by atoms with Gasteiger partial charge in [-0.05, 0) is 18.4 Å². The molecule has 18 heavy (non-hydrogen) atoms. The summed E-state index contributed by atoms with van der Waals surface area (Å²) in [5.74, 6) is 8.25. The fourth-order valence-corrected chi connectivity index (χ4v) is 5.34. The van der Waals surface area contributed by atoms with Crippen molar-refractivity contribution in [3.05, 3.63) is 18.0 Å². The first kappa shape index (κ1) is 14.2. The predicted molar refractivity (Wildman–Crippen MR) is 80.8 cm³/mol. The molecule has 3 unspecified atom stereocenters. The zero-order valence-corrected chi connectivity index (χ0v) is 12.6. The highest BCUT2D eigenvalue weighted by atomic mass is 32.2. The van der Waals surface area contributed by atoms with Crippen LogP contribution < -0.4 is 11.3 Å². The summed E-state index contributed by atoms with van der Waals surface area (Å²) in [5.41, 5.74) is 4.31. The molecule has 1 aliphatic rings. The second-order valence-corrected chi connectivity index (χ2v) is 7.52. The highest BCUT2D eigenvalue weighted by Gasteiger charge is 2.29. The molecule has 1 saturated heterocycles. The highest BCUT2D eigenvalue weighted by Crippen LogP contribution is 2.34. The largest absolute Gasteiger partial charge is 0.276 e. The van der Waals surface area contributed by atoms with E-state index >= 15 is 0 Å². The molecule has 4 nitrogen and oxygen atoms in total. The maximum absolute atomic E-state index is 5.74. The van der Waals surface area contributed by atoms with Crippen molar-refractivity contribution in [1.29, 1.82) is 0 Å². The number of thioether (sulfide) groups is 2. The number of nitrogens with zero attached hydrogens (tertiary/aromatic N) is 2. The summed E-state index contributed by atoms with van der Waals surface area (Å²) in [7, 11) is 1.96. The Morgan fingerprint density at radius 3 is 2.94 bits per heavy atom. The van der Waals surface area contributed by atoms with E-state index in [4.69, 9.17) is 5.84 Å². The molecule has 0 bridgehead atoms. The molecule has 0 radical (unpaired) electrons. The summed E-state index contributed by atoms with van der Waals surface area (Å²) in [6.07, 6.45) is 6.14. The number of hydrogen-bond donors (Lipinski definition) is 2. The number of hydrazine groups is 1. The molecule has 3 N–H and O–H groups in total. The Balaban J connectivity index is 1.88. The second-order valence-electron chi connectivity index (χ2n) is 4.75. The molecule has 1 aromatic rings. The number of nitrogens with two attached hydrogens (primary N) is 1. The van der Waals surface area contributed by atoms with Gasteiger partial charge in [0, 0.05) is 41.3 Å². The third kappa shape index (κ3) is 3.66. The Bertz CT molecular complexity index is 369. The van der Waals surface area contributed by atoms with Crippen molar-refractivity contribution in [1.82, 2.24) is 15.2 Å². The number of aryl methyl sites for hydroxylation is 2. The molecule has 1 aromatic heterocycles. The second kappa shape index (κ2) is 6.84. The highest BCUT2D eigenvalue weighted by molar-refractivity contribution is 8.07. The minimum Gasteiger partial charge on any atom is -0.276 e. The molecule has 102 valence electrons. The summed E-state index contributed by atoms with van der Waals surface area (Å²) in [4.78, 5) is 0. The average molecular weight is 286 g/mol. The van der Waals surface area contributed by atoms with E-state index in [9.17, 15) is 0 Å². The quantitative estimate of drug-likeness (QED) is 0.633. The first-order valence-corrected chi connectivity index (χ1v) is 8.47. The lowest BCUT2D eigenvalue weighted by atomic mass is 10.0. The van der Waals surface area contributed by atoms with Crippen LogP contribution in [0, 0.1) is 0 Å². The van der Waals surface area contributed by atoms with Gasteiger partial charge < -0.3 is 0 Å². The lowest BCUT2D eigenvalue weighted by Crippen LogP contribution is -2.47. The molecule has 3 atom stereocenters. The van der Waals surface area contributed by atoms with Crippen LogP contribution >= 0.6 is 23.5 Å². The fourth-order valence-electron chi connectivity index (χ4n) is 2.36. The summed E-state index contributed by atoms with van der Waals surface area (Å²) in [6.45, 7) is 2.32. The molecule has 0 saturated carbocycles. The Hall–Kier alpha value is -0.170. The maximum Gasteiger partial charge on any atom is 0.0521 e. The van der Waals surface area contributed by atoms with Gasteiger partial charge in [0.25, 0.3) is 0 Å². The van der Waals surface area contributed by atoms with Gasteiger partial charge in [-0.2, -0.15) is 28.6 Å². The Morgan fingerprint density at radius 2 is 2.33 bits per heavy atom. The lowest BCUT2D eigenvalue weighted by molar-refractivity contribution is 0.473. The minimum absolute atomic E-state index is 0.387. The molecule has 2 heterocycles. The first-order chi connectivity index (χ1) is 8.70. The van der Waals surface area contributed by atoms with E-state index in [0.29, 0.717) is 16.5 Å². The number of rotatable bonds is 5. The van der Waals surface area contributed by atoms with Crippen molar-refractivity contribution in [3.8, 4) is 0 Å². The van der Waals surface area contributed by atoms with Crippen LogP contribution in [0.3, 0.4) is 0 Å².